The van der Waals surface area contributed by atoms with Gasteiger partial charge in [-0.15, -0.1) is 11.3 Å². The number of sulfonamides is 1. The molecule has 0 spiro atoms. The van der Waals surface area contributed by atoms with Crippen molar-refractivity contribution < 1.29 is 13.2 Å². The average molecular weight is 466 g/mol. The highest BCUT2D eigenvalue weighted by molar-refractivity contribution is 7.99. The van der Waals surface area contributed by atoms with E-state index >= 15 is 0 Å². The van der Waals surface area contributed by atoms with Gasteiger partial charge in [0.25, 0.3) is 5.91 Å². The second-order valence-corrected chi connectivity index (χ2v) is 11.6. The molecule has 30 heavy (non-hydrogen) atoms. The number of carbonyl (C=O) groups excluding carboxylic acids is 1. The Morgan fingerprint density at radius 1 is 0.900 bits per heavy atom. The summed E-state index contributed by atoms with van der Waals surface area (Å²) in [6, 6.07) is 9.37. The van der Waals surface area contributed by atoms with Crippen molar-refractivity contribution in [1.82, 2.24) is 4.31 Å². The zero-order valence-corrected chi connectivity index (χ0v) is 19.3. The van der Waals surface area contributed by atoms with Crippen molar-refractivity contribution in [3.05, 3.63) is 40.6 Å². The van der Waals surface area contributed by atoms with Crippen molar-refractivity contribution >= 4 is 50.4 Å². The molecular formula is C21H27N3O3S3. The number of hydrogen-bond acceptors (Lipinski definition) is 6. The highest BCUT2D eigenvalue weighted by atomic mass is 32.2. The number of amides is 1. The first kappa shape index (κ1) is 21.7. The minimum absolute atomic E-state index is 0.109. The number of hydrogen-bond donors (Lipinski definition) is 1. The fourth-order valence-electron chi connectivity index (χ4n) is 3.86. The zero-order valence-electron chi connectivity index (χ0n) is 16.9. The molecule has 0 radical (unpaired) electrons. The fourth-order valence-corrected chi connectivity index (χ4v) is 7.74. The number of carbonyl (C=O) groups is 1. The van der Waals surface area contributed by atoms with Crippen LogP contribution >= 0.6 is 23.1 Å². The number of nitrogens with zero attached hydrogens (tertiary/aromatic N) is 2. The van der Waals surface area contributed by atoms with Crippen molar-refractivity contribution in [3.8, 4) is 0 Å². The maximum absolute atomic E-state index is 13.0. The van der Waals surface area contributed by atoms with Gasteiger partial charge in [-0.3, -0.25) is 4.79 Å². The number of rotatable bonds is 5. The van der Waals surface area contributed by atoms with Gasteiger partial charge in [0, 0.05) is 49.1 Å². The van der Waals surface area contributed by atoms with E-state index in [1.54, 1.807) is 23.2 Å². The standard InChI is InChI=1S/C21H27N3O3S3/c25-21(20-19(9-14-29-20)30(26,27)24-12-15-28-16-13-24)22-17-5-7-18(8-6-17)23-10-3-1-2-4-11-23/h5-9,14H,1-4,10-13,15-16H2,(H,22,25). The van der Waals surface area contributed by atoms with Crippen LogP contribution in [0.15, 0.2) is 40.6 Å². The molecule has 2 aliphatic rings. The third kappa shape index (κ3) is 4.85. The number of nitrogens with one attached hydrogen (secondary N) is 1. The molecule has 4 rings (SSSR count). The van der Waals surface area contributed by atoms with Crippen molar-refractivity contribution in [2.24, 2.45) is 0 Å². The van der Waals surface area contributed by atoms with Crippen molar-refractivity contribution in [2.45, 2.75) is 30.6 Å². The van der Waals surface area contributed by atoms with Crippen LogP contribution in [0.3, 0.4) is 0 Å². The lowest BCUT2D eigenvalue weighted by atomic mass is 10.2. The van der Waals surface area contributed by atoms with Crippen LogP contribution in [-0.4, -0.2) is 56.3 Å². The SMILES string of the molecule is O=C(Nc1ccc(N2CCCCCC2)cc1)c1sccc1S(=O)(=O)N1CCSCC1. The van der Waals surface area contributed by atoms with Crippen molar-refractivity contribution in [1.29, 1.82) is 0 Å². The van der Waals surface area contributed by atoms with E-state index in [0.29, 0.717) is 18.8 Å². The van der Waals surface area contributed by atoms with Crippen LogP contribution in [0, 0.1) is 0 Å². The van der Waals surface area contributed by atoms with Crippen LogP contribution in [0.2, 0.25) is 0 Å². The summed E-state index contributed by atoms with van der Waals surface area (Å²) in [7, 11) is -3.65. The first-order chi connectivity index (χ1) is 14.6. The maximum Gasteiger partial charge on any atom is 0.267 e. The smallest absolute Gasteiger partial charge is 0.267 e. The molecule has 1 N–H and O–H groups in total. The molecular weight excluding hydrogens is 438 g/mol. The minimum atomic E-state index is -3.65. The van der Waals surface area contributed by atoms with Crippen LogP contribution in [0.4, 0.5) is 11.4 Å². The lowest BCUT2D eigenvalue weighted by Crippen LogP contribution is -2.38. The van der Waals surface area contributed by atoms with E-state index in [4.69, 9.17) is 0 Å². The molecule has 1 aromatic carbocycles. The van der Waals surface area contributed by atoms with Crippen molar-refractivity contribution in [3.63, 3.8) is 0 Å². The Kier molecular flexibility index (Phi) is 7.02. The molecule has 2 aliphatic heterocycles. The summed E-state index contributed by atoms with van der Waals surface area (Å²) < 4.78 is 27.5. The number of benzene rings is 1. The third-order valence-corrected chi connectivity index (χ3v) is 9.45. The maximum atomic E-state index is 13.0. The van der Waals surface area contributed by atoms with Crippen LogP contribution < -0.4 is 10.2 Å². The summed E-state index contributed by atoms with van der Waals surface area (Å²) in [5.74, 6) is 1.19. The largest absolute Gasteiger partial charge is 0.372 e. The molecule has 2 saturated heterocycles. The molecule has 9 heteroatoms. The Hall–Kier alpha value is -1.55. The Morgan fingerprint density at radius 3 is 2.23 bits per heavy atom. The summed E-state index contributed by atoms with van der Waals surface area (Å²) >= 11 is 2.92. The lowest BCUT2D eigenvalue weighted by molar-refractivity contribution is 0.102. The van der Waals surface area contributed by atoms with Gasteiger partial charge >= 0.3 is 0 Å². The summed E-state index contributed by atoms with van der Waals surface area (Å²) in [4.78, 5) is 15.6. The predicted molar refractivity (Wildman–Crippen MR) is 125 cm³/mol. The summed E-state index contributed by atoms with van der Waals surface area (Å²) in [5.41, 5.74) is 1.84. The highest BCUT2D eigenvalue weighted by Crippen LogP contribution is 2.28. The number of thiophene rings is 1. The molecule has 0 atom stereocenters. The normalized spacial score (nSPS) is 18.7. The van der Waals surface area contributed by atoms with Gasteiger partial charge in [0.2, 0.25) is 10.0 Å². The van der Waals surface area contributed by atoms with Gasteiger partial charge in [0.1, 0.15) is 9.77 Å². The van der Waals surface area contributed by atoms with E-state index in [1.807, 2.05) is 24.3 Å². The van der Waals surface area contributed by atoms with Gasteiger partial charge in [-0.2, -0.15) is 16.1 Å². The van der Waals surface area contributed by atoms with Gasteiger partial charge in [-0.25, -0.2) is 8.42 Å². The topological polar surface area (TPSA) is 69.7 Å². The Labute approximate surface area is 186 Å². The van der Waals surface area contributed by atoms with E-state index in [9.17, 15) is 13.2 Å². The van der Waals surface area contributed by atoms with Gasteiger partial charge < -0.3 is 10.2 Å². The number of anilines is 2. The molecule has 0 bridgehead atoms. The third-order valence-electron chi connectivity index (χ3n) is 5.52. The molecule has 1 amide bonds. The van der Waals surface area contributed by atoms with E-state index < -0.39 is 10.0 Å². The monoisotopic (exact) mass is 465 g/mol. The fraction of sp³-hybridized carbons (Fsp3) is 0.476. The van der Waals surface area contributed by atoms with Gasteiger partial charge in [-0.05, 0) is 48.6 Å². The van der Waals surface area contributed by atoms with Gasteiger partial charge in [0.05, 0.1) is 0 Å². The predicted octanol–water partition coefficient (Wildman–Crippen LogP) is 4.12. The second-order valence-electron chi connectivity index (χ2n) is 7.53. The van der Waals surface area contributed by atoms with E-state index in [2.05, 4.69) is 10.2 Å². The quantitative estimate of drug-likeness (QED) is 0.719. The molecule has 6 nitrogen and oxygen atoms in total. The van der Waals surface area contributed by atoms with E-state index in [1.165, 1.54) is 30.0 Å². The van der Waals surface area contributed by atoms with Crippen LogP contribution in [0.5, 0.6) is 0 Å². The summed E-state index contributed by atoms with van der Waals surface area (Å²) in [6.07, 6.45) is 4.99. The van der Waals surface area contributed by atoms with Crippen molar-refractivity contribution in [2.75, 3.05) is 47.9 Å². The lowest BCUT2D eigenvalue weighted by Gasteiger charge is -2.25. The Balaban J connectivity index is 1.46. The molecule has 0 unspecified atom stereocenters. The molecule has 2 fully saturated rings. The average Bonchev–Trinajstić information content (AvgIpc) is 3.12. The second kappa shape index (κ2) is 9.72. The number of thioether (sulfide) groups is 1. The highest BCUT2D eigenvalue weighted by Gasteiger charge is 2.31. The molecule has 162 valence electrons. The van der Waals surface area contributed by atoms with E-state index in [0.717, 1.165) is 41.6 Å². The van der Waals surface area contributed by atoms with Gasteiger partial charge in [-0.1, -0.05) is 12.8 Å². The summed E-state index contributed by atoms with van der Waals surface area (Å²) in [5, 5.41) is 4.54. The molecule has 0 aliphatic carbocycles. The first-order valence-electron chi connectivity index (χ1n) is 10.4. The molecule has 1 aromatic heterocycles. The molecule has 0 saturated carbocycles. The Bertz CT molecular complexity index is 959. The Morgan fingerprint density at radius 2 is 1.57 bits per heavy atom. The van der Waals surface area contributed by atoms with Crippen LogP contribution in [-0.2, 0) is 10.0 Å². The van der Waals surface area contributed by atoms with Crippen LogP contribution in [0.25, 0.3) is 0 Å². The van der Waals surface area contributed by atoms with Gasteiger partial charge in [0.15, 0.2) is 0 Å². The molecule has 2 aromatic rings. The molecule has 3 heterocycles. The summed E-state index contributed by atoms with van der Waals surface area (Å²) in [6.45, 7) is 3.11. The zero-order chi connectivity index (χ0) is 21.0. The minimum Gasteiger partial charge on any atom is -0.372 e. The van der Waals surface area contributed by atoms with E-state index in [-0.39, 0.29) is 15.7 Å². The van der Waals surface area contributed by atoms with Crippen LogP contribution in [0.1, 0.15) is 35.4 Å². The first-order valence-corrected chi connectivity index (χ1v) is 13.8.